The Balaban J connectivity index is 0.000000213. The molecule has 2 saturated carbocycles. The van der Waals surface area contributed by atoms with Gasteiger partial charge in [0.25, 0.3) is 0 Å². The monoisotopic (exact) mass is 718 g/mol. The molecule has 3 aliphatic rings. The van der Waals surface area contributed by atoms with Gasteiger partial charge in [0.15, 0.2) is 14.2 Å². The summed E-state index contributed by atoms with van der Waals surface area (Å²) in [5.74, 6) is 2.92. The summed E-state index contributed by atoms with van der Waals surface area (Å²) in [6, 6.07) is 34.9. The molecule has 5 aromatic rings. The molecule has 5 nitrogen and oxygen atoms in total. The number of aliphatic imine (C=N–C) groups is 1. The smallest absolute Gasteiger partial charge is 0.507 e. The number of nitrogens with zero attached hydrogens (tertiary/aromatic N) is 2. The molecule has 10 radical (unpaired) electrons. The van der Waals surface area contributed by atoms with Gasteiger partial charge in [0.1, 0.15) is 24.1 Å². The van der Waals surface area contributed by atoms with E-state index in [9.17, 15) is 5.11 Å². The van der Waals surface area contributed by atoms with Crippen molar-refractivity contribution in [3.05, 3.63) is 172 Å². The van der Waals surface area contributed by atoms with E-state index in [1.807, 2.05) is 74.2 Å². The number of phenolic OH excluding ortho intramolecular Hbond substituents is 1. The van der Waals surface area contributed by atoms with Gasteiger partial charge in [-0.25, -0.2) is 4.99 Å². The number of ether oxygens (including phenoxy) is 1. The molecule has 50 heavy (non-hydrogen) atoms. The Bertz CT molecular complexity index is 1880. The molecule has 2 aliphatic carbocycles. The van der Waals surface area contributed by atoms with E-state index in [2.05, 4.69) is 97.7 Å². The van der Waals surface area contributed by atoms with Crippen molar-refractivity contribution in [2.75, 3.05) is 19.7 Å². The predicted octanol–water partition coefficient (Wildman–Crippen LogP) is 10.3. The fourth-order valence-corrected chi connectivity index (χ4v) is 8.12. The van der Waals surface area contributed by atoms with Gasteiger partial charge in [-0.15, -0.1) is 0 Å². The number of hydrogen-bond acceptors (Lipinski definition) is 5. The van der Waals surface area contributed by atoms with Crippen molar-refractivity contribution in [3.63, 3.8) is 0 Å². The summed E-state index contributed by atoms with van der Waals surface area (Å²) in [7, 11) is -0.967. The zero-order chi connectivity index (χ0) is 33.6. The summed E-state index contributed by atoms with van der Waals surface area (Å²) < 4.78 is 14.7. The van der Waals surface area contributed by atoms with Crippen LogP contribution in [0.3, 0.4) is 0 Å². The minimum Gasteiger partial charge on any atom is -0.507 e. The molecule has 250 valence electrons. The standard InChI is InChI=1S/C29H27NO2P.C14H12NO.Fe/c1-3-30(4-2)33(24-13-7-8-14-24)32-23-19-22-12-6-9-15-25(22)27(20-23)29-26-16-10-5-11-21(26)17-18-28(29)31;1-2-6-11(7-3-1)13-10-16-14(15-13)12-8-4-5-9-12;/h5-20,31H,3-4H2,1-2H3;1-9,13H,10H2;/q;;+2/t33-;13-;/m11./s1. The summed E-state index contributed by atoms with van der Waals surface area (Å²) in [6.45, 7) is 6.82. The van der Waals surface area contributed by atoms with Gasteiger partial charge in [0.05, 0.1) is 11.6 Å². The molecule has 2 fully saturated rings. The molecule has 0 unspecified atom stereocenters. The van der Waals surface area contributed by atoms with Crippen LogP contribution in [0.5, 0.6) is 11.5 Å². The van der Waals surface area contributed by atoms with Crippen LogP contribution in [0.1, 0.15) is 25.5 Å². The Morgan fingerprint density at radius 2 is 1.40 bits per heavy atom. The van der Waals surface area contributed by atoms with Gasteiger partial charge in [-0.3, -0.25) is 4.67 Å². The van der Waals surface area contributed by atoms with Crippen molar-refractivity contribution in [1.82, 2.24) is 4.67 Å². The van der Waals surface area contributed by atoms with Crippen molar-refractivity contribution in [1.29, 1.82) is 0 Å². The minimum absolute atomic E-state index is 0. The minimum atomic E-state index is -0.967. The summed E-state index contributed by atoms with van der Waals surface area (Å²) in [4.78, 5) is 4.60. The molecule has 0 amide bonds. The molecular formula is C43H39FeN2O3P+2. The van der Waals surface area contributed by atoms with E-state index >= 15 is 0 Å². The van der Waals surface area contributed by atoms with Crippen LogP contribution in [0.2, 0.25) is 0 Å². The third-order valence-electron chi connectivity index (χ3n) is 8.80. The third kappa shape index (κ3) is 8.05. The van der Waals surface area contributed by atoms with Crippen molar-refractivity contribution >= 4 is 35.7 Å². The normalized spacial score (nSPS) is 18.4. The molecule has 0 aromatic heterocycles. The Morgan fingerprint density at radius 3 is 2.12 bits per heavy atom. The molecule has 5 aromatic carbocycles. The SMILES string of the molecule is CCN(CC)[P@](Oc1cc(-c2c(O)ccc3ccccc23)c2ccccc2c1)[C]1[CH][CH][CH][CH]1.[CH]1[CH][CH][C](C2=N[C@@H](c3ccccc3)CO2)[CH]1.[Fe+2]. The van der Waals surface area contributed by atoms with Crippen LogP contribution >= 0.6 is 8.30 Å². The van der Waals surface area contributed by atoms with Crippen LogP contribution in [0.15, 0.2) is 108 Å². The molecule has 0 saturated heterocycles. The van der Waals surface area contributed by atoms with Crippen molar-refractivity contribution < 1.29 is 31.4 Å². The number of fused-ring (bicyclic) bond motifs is 2. The Hall–Kier alpha value is -3.40. The van der Waals surface area contributed by atoms with Crippen molar-refractivity contribution in [2.45, 2.75) is 19.9 Å². The first-order valence-corrected chi connectivity index (χ1v) is 18.0. The van der Waals surface area contributed by atoms with Gasteiger partial charge in [-0.1, -0.05) is 98.8 Å². The Morgan fingerprint density at radius 1 is 0.760 bits per heavy atom. The zero-order valence-electron chi connectivity index (χ0n) is 28.1. The molecule has 0 bridgehead atoms. The zero-order valence-corrected chi connectivity index (χ0v) is 30.1. The van der Waals surface area contributed by atoms with Gasteiger partial charge in [-0.2, -0.15) is 0 Å². The molecule has 1 heterocycles. The predicted molar refractivity (Wildman–Crippen MR) is 202 cm³/mol. The van der Waals surface area contributed by atoms with E-state index in [4.69, 9.17) is 9.26 Å². The average molecular weight is 719 g/mol. The topological polar surface area (TPSA) is 54.3 Å². The van der Waals surface area contributed by atoms with Crippen molar-refractivity contribution in [3.8, 4) is 22.6 Å². The van der Waals surface area contributed by atoms with E-state index in [0.717, 1.165) is 63.3 Å². The number of benzene rings is 5. The van der Waals surface area contributed by atoms with Gasteiger partial charge in [0.2, 0.25) is 0 Å². The summed E-state index contributed by atoms with van der Waals surface area (Å²) >= 11 is 0. The summed E-state index contributed by atoms with van der Waals surface area (Å²) in [6.07, 6.45) is 16.5. The first kappa shape index (κ1) is 36.4. The second kappa shape index (κ2) is 17.2. The second-order valence-corrected chi connectivity index (χ2v) is 13.7. The maximum atomic E-state index is 11.0. The van der Waals surface area contributed by atoms with Crippen molar-refractivity contribution in [2.24, 2.45) is 4.99 Å². The molecular weight excluding hydrogens is 679 g/mol. The van der Waals surface area contributed by atoms with E-state index < -0.39 is 8.30 Å². The number of aromatic hydroxyl groups is 1. The maximum absolute atomic E-state index is 11.0. The largest absolute Gasteiger partial charge is 2.00 e. The first-order valence-electron chi connectivity index (χ1n) is 16.8. The fourth-order valence-electron chi connectivity index (χ4n) is 6.33. The summed E-state index contributed by atoms with van der Waals surface area (Å²) in [5, 5.41) is 15.3. The van der Waals surface area contributed by atoms with E-state index in [1.54, 1.807) is 6.07 Å². The molecule has 8 rings (SSSR count). The van der Waals surface area contributed by atoms with Gasteiger partial charge in [0, 0.05) is 18.7 Å². The molecule has 1 N–H and O–H groups in total. The number of rotatable bonds is 9. The van der Waals surface area contributed by atoms with E-state index in [1.165, 1.54) is 11.2 Å². The molecule has 1 aliphatic heterocycles. The number of phenols is 1. The van der Waals surface area contributed by atoms with Crippen LogP contribution in [0, 0.1) is 62.9 Å². The average Bonchev–Trinajstić information content (AvgIpc) is 3.96. The maximum Gasteiger partial charge on any atom is 2.00 e. The molecule has 0 spiro atoms. The van der Waals surface area contributed by atoms with Gasteiger partial charge >= 0.3 is 17.1 Å². The van der Waals surface area contributed by atoms with Crippen LogP contribution in [-0.2, 0) is 21.8 Å². The quantitative estimate of drug-likeness (QED) is 0.122. The van der Waals surface area contributed by atoms with Crippen LogP contribution < -0.4 is 4.52 Å². The summed E-state index contributed by atoms with van der Waals surface area (Å²) in [5.41, 5.74) is 4.24. The number of hydrogen-bond donors (Lipinski definition) is 1. The third-order valence-corrected chi connectivity index (χ3v) is 11.0. The van der Waals surface area contributed by atoms with Crippen LogP contribution in [-0.4, -0.2) is 35.4 Å². The van der Waals surface area contributed by atoms with E-state index in [0.29, 0.717) is 6.61 Å². The first-order chi connectivity index (χ1) is 24.1. The van der Waals surface area contributed by atoms with Crippen LogP contribution in [0.4, 0.5) is 0 Å². The Labute approximate surface area is 309 Å². The molecule has 2 atom stereocenters. The van der Waals surface area contributed by atoms with E-state index in [-0.39, 0.29) is 28.9 Å². The fraction of sp³-hybridized carbons (Fsp3) is 0.140. The van der Waals surface area contributed by atoms with Crippen LogP contribution in [0.25, 0.3) is 32.7 Å². The second-order valence-electron chi connectivity index (χ2n) is 11.9. The Kier molecular flexibility index (Phi) is 12.5. The van der Waals surface area contributed by atoms with Gasteiger partial charge in [-0.05, 0) is 102 Å². The van der Waals surface area contributed by atoms with Gasteiger partial charge < -0.3 is 14.4 Å². The molecule has 7 heteroatoms.